The van der Waals surface area contributed by atoms with E-state index >= 15 is 0 Å². The molecule has 2 saturated carbocycles. The lowest BCUT2D eigenvalue weighted by Gasteiger charge is -2.23. The van der Waals surface area contributed by atoms with Gasteiger partial charge in [0, 0.05) is 13.1 Å². The number of carbonyl (C=O) groups excluding carboxylic acids is 1. The molecule has 0 spiro atoms. The highest BCUT2D eigenvalue weighted by Gasteiger charge is 2.46. The summed E-state index contributed by atoms with van der Waals surface area (Å²) >= 11 is 0. The molecular weight excluding hydrogens is 254 g/mol. The van der Waals surface area contributed by atoms with Crippen molar-refractivity contribution in [1.29, 1.82) is 0 Å². The van der Waals surface area contributed by atoms with Crippen LogP contribution in [0.3, 0.4) is 0 Å². The van der Waals surface area contributed by atoms with E-state index in [0.717, 1.165) is 25.9 Å². The Morgan fingerprint density at radius 2 is 1.70 bits per heavy atom. The summed E-state index contributed by atoms with van der Waals surface area (Å²) in [5.74, 6) is 0.411. The van der Waals surface area contributed by atoms with Crippen LogP contribution in [0.5, 0.6) is 0 Å². The molecule has 3 fully saturated rings. The summed E-state index contributed by atoms with van der Waals surface area (Å²) in [4.78, 5) is 26.1. The van der Waals surface area contributed by atoms with Crippen molar-refractivity contribution in [3.8, 4) is 0 Å². The van der Waals surface area contributed by atoms with Gasteiger partial charge in [0.15, 0.2) is 0 Å². The highest BCUT2D eigenvalue weighted by atomic mass is 16.4. The third-order valence-corrected chi connectivity index (χ3v) is 5.91. The summed E-state index contributed by atoms with van der Waals surface area (Å²) in [5, 5.41) is 9.38. The van der Waals surface area contributed by atoms with Gasteiger partial charge in [0.05, 0.1) is 11.8 Å². The molecule has 1 amide bonds. The van der Waals surface area contributed by atoms with E-state index in [1.807, 2.05) is 4.90 Å². The van der Waals surface area contributed by atoms with Gasteiger partial charge in [-0.2, -0.15) is 0 Å². The van der Waals surface area contributed by atoms with Crippen molar-refractivity contribution in [2.45, 2.75) is 45.4 Å². The van der Waals surface area contributed by atoms with Gasteiger partial charge in [-0.1, -0.05) is 19.8 Å². The predicted molar refractivity (Wildman–Crippen MR) is 75.0 cm³/mol. The molecule has 4 nitrogen and oxygen atoms in total. The van der Waals surface area contributed by atoms with E-state index in [2.05, 4.69) is 6.92 Å². The number of carboxylic acid groups (broad SMARTS) is 1. The smallest absolute Gasteiger partial charge is 0.307 e. The van der Waals surface area contributed by atoms with Gasteiger partial charge in [0.1, 0.15) is 0 Å². The standard InChI is InChI=1S/C16H25NO3/c1-2-10-6-13(14(7-10)16(19)20)15(18)17-8-11-4-3-5-12(11)9-17/h10-14H,2-9H2,1H3,(H,19,20)/t10?,11?,12?,13-,14+/m0/s1. The largest absolute Gasteiger partial charge is 0.481 e. The Bertz CT molecular complexity index is 397. The molecule has 0 aromatic rings. The molecule has 0 aromatic carbocycles. The van der Waals surface area contributed by atoms with Crippen molar-refractivity contribution in [2.24, 2.45) is 29.6 Å². The van der Waals surface area contributed by atoms with Gasteiger partial charge < -0.3 is 10.0 Å². The van der Waals surface area contributed by atoms with Crippen LogP contribution in [0.4, 0.5) is 0 Å². The molecule has 0 bridgehead atoms. The van der Waals surface area contributed by atoms with Crippen molar-refractivity contribution in [3.63, 3.8) is 0 Å². The van der Waals surface area contributed by atoms with E-state index in [4.69, 9.17) is 0 Å². The van der Waals surface area contributed by atoms with Crippen LogP contribution in [0.15, 0.2) is 0 Å². The lowest BCUT2D eigenvalue weighted by Crippen LogP contribution is -2.38. The van der Waals surface area contributed by atoms with Crippen LogP contribution in [0.1, 0.15) is 45.4 Å². The van der Waals surface area contributed by atoms with Gasteiger partial charge in [0.2, 0.25) is 5.91 Å². The fraction of sp³-hybridized carbons (Fsp3) is 0.875. The fourth-order valence-electron chi connectivity index (χ4n) is 4.67. The molecule has 3 unspecified atom stereocenters. The number of nitrogens with zero attached hydrogens (tertiary/aromatic N) is 1. The van der Waals surface area contributed by atoms with Gasteiger partial charge in [-0.3, -0.25) is 9.59 Å². The highest BCUT2D eigenvalue weighted by Crippen LogP contribution is 2.42. The van der Waals surface area contributed by atoms with E-state index < -0.39 is 11.9 Å². The SMILES string of the molecule is CCC1C[C@H](C(=O)N2CC3CCCC3C2)[C@H](C(=O)O)C1. The Morgan fingerprint density at radius 1 is 1.10 bits per heavy atom. The normalized spacial score (nSPS) is 40.0. The number of likely N-dealkylation sites (tertiary alicyclic amines) is 1. The van der Waals surface area contributed by atoms with Crippen LogP contribution in [0.2, 0.25) is 0 Å². The van der Waals surface area contributed by atoms with Crippen LogP contribution in [-0.4, -0.2) is 35.0 Å². The molecular formula is C16H25NO3. The maximum Gasteiger partial charge on any atom is 0.307 e. The molecule has 2 aliphatic carbocycles. The molecule has 1 saturated heterocycles. The van der Waals surface area contributed by atoms with E-state index in [1.165, 1.54) is 19.3 Å². The molecule has 1 aliphatic heterocycles. The average molecular weight is 279 g/mol. The van der Waals surface area contributed by atoms with Gasteiger partial charge in [-0.15, -0.1) is 0 Å². The van der Waals surface area contributed by atoms with Crippen LogP contribution < -0.4 is 0 Å². The Hall–Kier alpha value is -1.06. The van der Waals surface area contributed by atoms with E-state index in [1.54, 1.807) is 0 Å². The number of fused-ring (bicyclic) bond motifs is 1. The van der Waals surface area contributed by atoms with Gasteiger partial charge in [-0.05, 0) is 43.4 Å². The summed E-state index contributed by atoms with van der Waals surface area (Å²) < 4.78 is 0. The first-order valence-corrected chi connectivity index (χ1v) is 8.11. The molecule has 1 N–H and O–H groups in total. The quantitative estimate of drug-likeness (QED) is 0.863. The van der Waals surface area contributed by atoms with Crippen molar-refractivity contribution in [1.82, 2.24) is 4.90 Å². The van der Waals surface area contributed by atoms with Gasteiger partial charge in [0.25, 0.3) is 0 Å². The summed E-state index contributed by atoms with van der Waals surface area (Å²) in [6.45, 7) is 3.85. The zero-order valence-corrected chi connectivity index (χ0v) is 12.3. The van der Waals surface area contributed by atoms with Gasteiger partial charge in [-0.25, -0.2) is 0 Å². The lowest BCUT2D eigenvalue weighted by molar-refractivity contribution is -0.148. The van der Waals surface area contributed by atoms with Crippen molar-refractivity contribution in [2.75, 3.05) is 13.1 Å². The maximum atomic E-state index is 12.7. The fourth-order valence-corrected chi connectivity index (χ4v) is 4.67. The number of carbonyl (C=O) groups is 2. The molecule has 4 heteroatoms. The number of rotatable bonds is 3. The average Bonchev–Trinajstić information content (AvgIpc) is 3.10. The Kier molecular flexibility index (Phi) is 3.74. The summed E-state index contributed by atoms with van der Waals surface area (Å²) in [5.41, 5.74) is 0. The zero-order chi connectivity index (χ0) is 14.3. The summed E-state index contributed by atoms with van der Waals surface area (Å²) in [6, 6.07) is 0. The number of hydrogen-bond donors (Lipinski definition) is 1. The molecule has 20 heavy (non-hydrogen) atoms. The molecule has 5 atom stereocenters. The number of hydrogen-bond acceptors (Lipinski definition) is 2. The molecule has 1 heterocycles. The molecule has 3 rings (SSSR count). The molecule has 112 valence electrons. The highest BCUT2D eigenvalue weighted by molar-refractivity contribution is 5.85. The first-order valence-electron chi connectivity index (χ1n) is 8.11. The van der Waals surface area contributed by atoms with Crippen molar-refractivity contribution in [3.05, 3.63) is 0 Å². The van der Waals surface area contributed by atoms with Crippen molar-refractivity contribution >= 4 is 11.9 Å². The second-order valence-electron chi connectivity index (χ2n) is 6.99. The number of amides is 1. The van der Waals surface area contributed by atoms with Crippen LogP contribution in [0, 0.1) is 29.6 Å². The second-order valence-corrected chi connectivity index (χ2v) is 6.99. The van der Waals surface area contributed by atoms with Crippen LogP contribution in [-0.2, 0) is 9.59 Å². The first kappa shape index (κ1) is 13.9. The summed E-state index contributed by atoms with van der Waals surface area (Å²) in [6.07, 6.45) is 6.24. The monoisotopic (exact) mass is 279 g/mol. The Morgan fingerprint density at radius 3 is 2.25 bits per heavy atom. The molecule has 3 aliphatic rings. The van der Waals surface area contributed by atoms with E-state index in [0.29, 0.717) is 24.2 Å². The van der Waals surface area contributed by atoms with E-state index in [9.17, 15) is 14.7 Å². The zero-order valence-electron chi connectivity index (χ0n) is 12.3. The van der Waals surface area contributed by atoms with Gasteiger partial charge >= 0.3 is 5.97 Å². The van der Waals surface area contributed by atoms with Crippen LogP contribution >= 0.6 is 0 Å². The lowest BCUT2D eigenvalue weighted by atomic mass is 9.95. The third kappa shape index (κ3) is 2.33. The maximum absolute atomic E-state index is 12.7. The summed E-state index contributed by atoms with van der Waals surface area (Å²) in [7, 11) is 0. The van der Waals surface area contributed by atoms with Crippen LogP contribution in [0.25, 0.3) is 0 Å². The first-order chi connectivity index (χ1) is 9.60. The molecule has 0 aromatic heterocycles. The second kappa shape index (κ2) is 5.38. The number of carboxylic acids is 1. The Balaban J connectivity index is 1.68. The van der Waals surface area contributed by atoms with E-state index in [-0.39, 0.29) is 11.8 Å². The minimum absolute atomic E-state index is 0.128. The predicted octanol–water partition coefficient (Wildman–Crippen LogP) is 2.38. The molecule has 0 radical (unpaired) electrons. The number of aliphatic carboxylic acids is 1. The minimum Gasteiger partial charge on any atom is -0.481 e. The third-order valence-electron chi connectivity index (χ3n) is 5.91. The topological polar surface area (TPSA) is 57.6 Å². The minimum atomic E-state index is -0.779. The Labute approximate surface area is 120 Å². The van der Waals surface area contributed by atoms with Crippen molar-refractivity contribution < 1.29 is 14.7 Å².